The number of thioether (sulfide) groups is 1. The van der Waals surface area contributed by atoms with E-state index in [2.05, 4.69) is 19.9 Å². The summed E-state index contributed by atoms with van der Waals surface area (Å²) in [6.07, 6.45) is 1.84. The quantitative estimate of drug-likeness (QED) is 0.175. The second-order valence-corrected chi connectivity index (χ2v) is 10.2. The average Bonchev–Trinajstić information content (AvgIpc) is 3.29. The maximum Gasteiger partial charge on any atom is 0.172 e. The van der Waals surface area contributed by atoms with Gasteiger partial charge in [0.1, 0.15) is 11.6 Å². The molecule has 0 spiro atoms. The molecule has 0 atom stereocenters. The zero-order valence-electron chi connectivity index (χ0n) is 19.1. The molecule has 0 aliphatic rings. The number of hydrogen-bond acceptors (Lipinski definition) is 4. The van der Waals surface area contributed by atoms with Gasteiger partial charge in [-0.2, -0.15) is 5.26 Å². The lowest BCUT2D eigenvalue weighted by Crippen LogP contribution is -2.23. The fraction of sp³-hybridized carbons (Fsp3) is 0.185. The number of benzene rings is 3. The monoisotopic (exact) mass is 525 g/mol. The number of nitriles is 1. The highest BCUT2D eigenvalue weighted by Crippen LogP contribution is 2.38. The van der Waals surface area contributed by atoms with Crippen LogP contribution < -0.4 is 4.74 Å². The number of nitrogens with zero attached hydrogens (tertiary/aromatic N) is 3. The standard InChI is InChI=1S/C27H22Cl2FN3OS/c1-27(2,19-5-12-23(28)24(29)15-19)25-17-32-26(33(25)21-8-6-20(30)7-9-21)35-14-13-34-22-10-3-18(16-31)4-11-22/h3-12,15,17H,13-14H2,1-2H3. The highest BCUT2D eigenvalue weighted by atomic mass is 35.5. The molecular formula is C27H22Cl2FN3OS. The molecule has 0 bridgehead atoms. The molecule has 0 aliphatic heterocycles. The Morgan fingerprint density at radius 2 is 1.74 bits per heavy atom. The van der Waals surface area contributed by atoms with Gasteiger partial charge in [0.05, 0.1) is 40.2 Å². The number of hydrogen-bond donors (Lipinski definition) is 0. The molecular weight excluding hydrogens is 504 g/mol. The zero-order valence-corrected chi connectivity index (χ0v) is 21.5. The minimum absolute atomic E-state index is 0.302. The number of imidazole rings is 1. The molecule has 1 heterocycles. The highest BCUT2D eigenvalue weighted by Gasteiger charge is 2.30. The van der Waals surface area contributed by atoms with Gasteiger partial charge in [0.25, 0.3) is 0 Å². The summed E-state index contributed by atoms with van der Waals surface area (Å²) in [6, 6.07) is 21.1. The van der Waals surface area contributed by atoms with Crippen LogP contribution in [-0.2, 0) is 5.41 Å². The normalized spacial score (nSPS) is 11.3. The molecule has 178 valence electrons. The van der Waals surface area contributed by atoms with E-state index in [9.17, 15) is 4.39 Å². The van der Waals surface area contributed by atoms with E-state index in [0.29, 0.717) is 33.7 Å². The van der Waals surface area contributed by atoms with E-state index in [1.54, 1.807) is 54.2 Å². The van der Waals surface area contributed by atoms with E-state index in [-0.39, 0.29) is 5.82 Å². The van der Waals surface area contributed by atoms with Gasteiger partial charge in [-0.25, -0.2) is 9.37 Å². The molecule has 4 nitrogen and oxygen atoms in total. The Morgan fingerprint density at radius 1 is 1.03 bits per heavy atom. The van der Waals surface area contributed by atoms with E-state index in [4.69, 9.17) is 38.2 Å². The van der Waals surface area contributed by atoms with Crippen molar-refractivity contribution in [3.63, 3.8) is 0 Å². The van der Waals surface area contributed by atoms with Gasteiger partial charge in [-0.3, -0.25) is 4.57 Å². The Kier molecular flexibility index (Phi) is 7.71. The fourth-order valence-corrected chi connectivity index (χ4v) is 4.78. The van der Waals surface area contributed by atoms with Crippen molar-refractivity contribution in [3.8, 4) is 17.5 Å². The SMILES string of the molecule is CC(C)(c1ccc(Cl)c(Cl)c1)c1cnc(SCCOc2ccc(C#N)cc2)n1-c1ccc(F)cc1. The third kappa shape index (κ3) is 5.65. The maximum atomic E-state index is 13.7. The lowest BCUT2D eigenvalue weighted by molar-refractivity contribution is 0.344. The summed E-state index contributed by atoms with van der Waals surface area (Å²) in [7, 11) is 0. The summed E-state index contributed by atoms with van der Waals surface area (Å²) in [5.41, 5.74) is 2.84. The van der Waals surface area contributed by atoms with Crippen molar-refractivity contribution in [2.75, 3.05) is 12.4 Å². The Labute approximate surface area is 218 Å². The molecule has 0 saturated carbocycles. The van der Waals surface area contributed by atoms with Crippen molar-refractivity contribution in [2.24, 2.45) is 0 Å². The van der Waals surface area contributed by atoms with Gasteiger partial charge in [0, 0.05) is 16.9 Å². The largest absolute Gasteiger partial charge is 0.493 e. The molecule has 0 aliphatic carbocycles. The van der Waals surface area contributed by atoms with Crippen LogP contribution in [-0.4, -0.2) is 21.9 Å². The van der Waals surface area contributed by atoms with Crippen molar-refractivity contribution in [1.82, 2.24) is 9.55 Å². The van der Waals surface area contributed by atoms with Crippen LogP contribution in [0.2, 0.25) is 10.0 Å². The first-order valence-corrected chi connectivity index (χ1v) is 12.6. The van der Waals surface area contributed by atoms with Gasteiger partial charge in [-0.1, -0.05) is 54.9 Å². The first kappa shape index (κ1) is 25.1. The summed E-state index contributed by atoms with van der Waals surface area (Å²) in [4.78, 5) is 4.70. The van der Waals surface area contributed by atoms with Gasteiger partial charge in [0.2, 0.25) is 0 Å². The average molecular weight is 526 g/mol. The Balaban J connectivity index is 1.60. The lowest BCUT2D eigenvalue weighted by atomic mass is 9.81. The van der Waals surface area contributed by atoms with Crippen LogP contribution in [0.5, 0.6) is 5.75 Å². The number of halogens is 3. The van der Waals surface area contributed by atoms with E-state index < -0.39 is 5.41 Å². The molecule has 8 heteroatoms. The fourth-order valence-electron chi connectivity index (χ4n) is 3.67. The predicted octanol–water partition coefficient (Wildman–Crippen LogP) is 7.69. The van der Waals surface area contributed by atoms with Crippen LogP contribution >= 0.6 is 35.0 Å². The predicted molar refractivity (Wildman–Crippen MR) is 139 cm³/mol. The summed E-state index contributed by atoms with van der Waals surface area (Å²) in [6.45, 7) is 4.64. The van der Waals surface area contributed by atoms with Crippen LogP contribution in [0, 0.1) is 17.1 Å². The first-order chi connectivity index (χ1) is 16.8. The molecule has 0 unspecified atom stereocenters. The highest BCUT2D eigenvalue weighted by molar-refractivity contribution is 7.99. The third-order valence-electron chi connectivity index (χ3n) is 5.66. The molecule has 0 N–H and O–H groups in total. The Bertz CT molecular complexity index is 1360. The summed E-state index contributed by atoms with van der Waals surface area (Å²) in [5, 5.41) is 10.7. The minimum atomic E-state index is -0.465. The smallest absolute Gasteiger partial charge is 0.172 e. The van der Waals surface area contributed by atoms with Crippen LogP contribution in [0.3, 0.4) is 0 Å². The Hall–Kier alpha value is -2.98. The molecule has 1 aromatic heterocycles. The number of aromatic nitrogens is 2. The summed E-state index contributed by atoms with van der Waals surface area (Å²) in [5.74, 6) is 1.04. The summed E-state index contributed by atoms with van der Waals surface area (Å²) >= 11 is 14.0. The van der Waals surface area contributed by atoms with Gasteiger partial charge in [-0.05, 0) is 66.2 Å². The molecule has 0 saturated heterocycles. The van der Waals surface area contributed by atoms with E-state index >= 15 is 0 Å². The van der Waals surface area contributed by atoms with Crippen molar-refractivity contribution in [2.45, 2.75) is 24.4 Å². The van der Waals surface area contributed by atoms with Crippen LogP contribution in [0.25, 0.3) is 5.69 Å². The summed E-state index contributed by atoms with van der Waals surface area (Å²) < 4.78 is 21.5. The van der Waals surface area contributed by atoms with E-state index in [1.807, 2.05) is 22.9 Å². The molecule has 4 aromatic rings. The van der Waals surface area contributed by atoms with Crippen molar-refractivity contribution >= 4 is 35.0 Å². The first-order valence-electron chi connectivity index (χ1n) is 10.8. The van der Waals surface area contributed by atoms with Crippen LogP contribution in [0.4, 0.5) is 4.39 Å². The van der Waals surface area contributed by atoms with Gasteiger partial charge < -0.3 is 4.74 Å². The van der Waals surface area contributed by atoms with Crippen molar-refractivity contribution < 1.29 is 9.13 Å². The van der Waals surface area contributed by atoms with Gasteiger partial charge in [0.15, 0.2) is 5.16 Å². The lowest BCUT2D eigenvalue weighted by Gasteiger charge is -2.28. The molecule has 35 heavy (non-hydrogen) atoms. The second-order valence-electron chi connectivity index (χ2n) is 8.32. The minimum Gasteiger partial charge on any atom is -0.493 e. The Morgan fingerprint density at radius 3 is 2.40 bits per heavy atom. The van der Waals surface area contributed by atoms with Crippen LogP contribution in [0.1, 0.15) is 30.7 Å². The van der Waals surface area contributed by atoms with E-state index in [1.165, 1.54) is 12.1 Å². The molecule has 0 radical (unpaired) electrons. The molecule has 0 fully saturated rings. The van der Waals surface area contributed by atoms with E-state index in [0.717, 1.165) is 22.1 Å². The van der Waals surface area contributed by atoms with Gasteiger partial charge >= 0.3 is 0 Å². The number of ether oxygens (including phenoxy) is 1. The maximum absolute atomic E-state index is 13.7. The zero-order chi connectivity index (χ0) is 25.0. The third-order valence-corrected chi connectivity index (χ3v) is 7.32. The molecule has 3 aromatic carbocycles. The second kappa shape index (κ2) is 10.7. The molecule has 0 amide bonds. The molecule has 4 rings (SSSR count). The van der Waals surface area contributed by atoms with Crippen LogP contribution in [0.15, 0.2) is 78.1 Å². The topological polar surface area (TPSA) is 50.8 Å². The number of rotatable bonds is 8. The van der Waals surface area contributed by atoms with Gasteiger partial charge in [-0.15, -0.1) is 0 Å². The van der Waals surface area contributed by atoms with Crippen molar-refractivity contribution in [1.29, 1.82) is 5.26 Å². The van der Waals surface area contributed by atoms with Crippen molar-refractivity contribution in [3.05, 3.63) is 106 Å².